The first kappa shape index (κ1) is 14.0. The molecule has 0 aliphatic heterocycles. The van der Waals surface area contributed by atoms with E-state index in [1.165, 1.54) is 5.56 Å². The summed E-state index contributed by atoms with van der Waals surface area (Å²) in [5, 5.41) is 0. The van der Waals surface area contributed by atoms with Crippen molar-refractivity contribution in [1.29, 1.82) is 0 Å². The SMILES string of the molecule is CC(C)Cc1ccc(C(=O)c2ccccc2Br)cc1. The van der Waals surface area contributed by atoms with E-state index >= 15 is 0 Å². The van der Waals surface area contributed by atoms with Crippen molar-refractivity contribution in [2.75, 3.05) is 0 Å². The number of rotatable bonds is 4. The van der Waals surface area contributed by atoms with Crippen molar-refractivity contribution in [3.05, 3.63) is 69.7 Å². The normalized spacial score (nSPS) is 10.7. The van der Waals surface area contributed by atoms with Crippen molar-refractivity contribution >= 4 is 21.7 Å². The molecular weight excluding hydrogens is 300 g/mol. The van der Waals surface area contributed by atoms with Crippen molar-refractivity contribution in [2.24, 2.45) is 5.92 Å². The molecule has 0 fully saturated rings. The Morgan fingerprint density at radius 1 is 1.05 bits per heavy atom. The van der Waals surface area contributed by atoms with E-state index in [-0.39, 0.29) is 5.78 Å². The molecule has 2 rings (SSSR count). The molecule has 0 spiro atoms. The number of benzene rings is 2. The minimum Gasteiger partial charge on any atom is -0.289 e. The maximum Gasteiger partial charge on any atom is 0.194 e. The van der Waals surface area contributed by atoms with Crippen LogP contribution >= 0.6 is 15.9 Å². The molecule has 2 aromatic carbocycles. The zero-order valence-corrected chi connectivity index (χ0v) is 12.8. The van der Waals surface area contributed by atoms with E-state index in [1.54, 1.807) is 0 Å². The molecule has 0 bridgehead atoms. The highest BCUT2D eigenvalue weighted by Crippen LogP contribution is 2.20. The summed E-state index contributed by atoms with van der Waals surface area (Å²) in [5.74, 6) is 0.688. The van der Waals surface area contributed by atoms with Gasteiger partial charge >= 0.3 is 0 Å². The van der Waals surface area contributed by atoms with E-state index in [0.717, 1.165) is 16.5 Å². The topological polar surface area (TPSA) is 17.1 Å². The van der Waals surface area contributed by atoms with Gasteiger partial charge in [-0.25, -0.2) is 0 Å². The lowest BCUT2D eigenvalue weighted by atomic mass is 9.98. The van der Waals surface area contributed by atoms with Gasteiger partial charge in [-0.2, -0.15) is 0 Å². The van der Waals surface area contributed by atoms with E-state index in [1.807, 2.05) is 48.5 Å². The monoisotopic (exact) mass is 316 g/mol. The molecule has 0 heterocycles. The fourth-order valence-corrected chi connectivity index (χ4v) is 2.53. The third kappa shape index (κ3) is 3.54. The highest BCUT2D eigenvalue weighted by Gasteiger charge is 2.11. The van der Waals surface area contributed by atoms with Gasteiger partial charge in [-0.05, 0) is 30.0 Å². The van der Waals surface area contributed by atoms with Gasteiger partial charge in [0.25, 0.3) is 0 Å². The fraction of sp³-hybridized carbons (Fsp3) is 0.235. The molecule has 0 aliphatic carbocycles. The van der Waals surface area contributed by atoms with Gasteiger partial charge in [-0.3, -0.25) is 4.79 Å². The third-order valence-corrected chi connectivity index (χ3v) is 3.67. The molecule has 19 heavy (non-hydrogen) atoms. The summed E-state index contributed by atoms with van der Waals surface area (Å²) >= 11 is 3.42. The molecular formula is C17H17BrO. The summed E-state index contributed by atoms with van der Waals surface area (Å²) < 4.78 is 0.839. The number of hydrogen-bond acceptors (Lipinski definition) is 1. The molecule has 0 radical (unpaired) electrons. The Balaban J connectivity index is 2.23. The molecule has 0 atom stereocenters. The maximum absolute atomic E-state index is 12.4. The predicted molar refractivity (Wildman–Crippen MR) is 82.6 cm³/mol. The van der Waals surface area contributed by atoms with E-state index in [4.69, 9.17) is 0 Å². The molecule has 0 unspecified atom stereocenters. The van der Waals surface area contributed by atoms with Crippen LogP contribution in [0.3, 0.4) is 0 Å². The number of halogens is 1. The Hall–Kier alpha value is -1.41. The van der Waals surface area contributed by atoms with E-state index in [2.05, 4.69) is 29.8 Å². The first-order chi connectivity index (χ1) is 9.08. The minimum absolute atomic E-state index is 0.0589. The summed E-state index contributed by atoms with van der Waals surface area (Å²) in [5.41, 5.74) is 2.72. The van der Waals surface area contributed by atoms with Gasteiger partial charge in [-0.15, -0.1) is 0 Å². The standard InChI is InChI=1S/C17H17BrO/c1-12(2)11-13-7-9-14(10-8-13)17(19)15-5-3-4-6-16(15)18/h3-10,12H,11H2,1-2H3. The van der Waals surface area contributed by atoms with Crippen LogP contribution in [0.5, 0.6) is 0 Å². The number of hydrogen-bond donors (Lipinski definition) is 0. The van der Waals surface area contributed by atoms with Crippen LogP contribution in [0, 0.1) is 5.92 Å². The molecule has 2 aromatic rings. The van der Waals surface area contributed by atoms with Gasteiger partial charge in [0, 0.05) is 15.6 Å². The zero-order chi connectivity index (χ0) is 13.8. The molecule has 0 N–H and O–H groups in total. The van der Waals surface area contributed by atoms with Crippen molar-refractivity contribution in [2.45, 2.75) is 20.3 Å². The van der Waals surface area contributed by atoms with Gasteiger partial charge in [0.05, 0.1) is 0 Å². The molecule has 2 heteroatoms. The molecule has 0 amide bonds. The number of carbonyl (C=O) groups excluding carboxylic acids is 1. The molecule has 0 saturated heterocycles. The Morgan fingerprint density at radius 2 is 1.68 bits per heavy atom. The minimum atomic E-state index is 0.0589. The smallest absolute Gasteiger partial charge is 0.194 e. The van der Waals surface area contributed by atoms with Crippen LogP contribution < -0.4 is 0 Å². The van der Waals surface area contributed by atoms with Gasteiger partial charge in [0.1, 0.15) is 0 Å². The van der Waals surface area contributed by atoms with Crippen LogP contribution in [0.1, 0.15) is 35.3 Å². The highest BCUT2D eigenvalue weighted by molar-refractivity contribution is 9.10. The molecule has 98 valence electrons. The third-order valence-electron chi connectivity index (χ3n) is 2.98. The van der Waals surface area contributed by atoms with Crippen LogP contribution in [0.4, 0.5) is 0 Å². The van der Waals surface area contributed by atoms with Gasteiger partial charge in [0.15, 0.2) is 5.78 Å². The van der Waals surface area contributed by atoms with Crippen LogP contribution in [-0.2, 0) is 6.42 Å². The lowest BCUT2D eigenvalue weighted by Crippen LogP contribution is -2.02. The van der Waals surface area contributed by atoms with Gasteiger partial charge < -0.3 is 0 Å². The molecule has 0 aromatic heterocycles. The first-order valence-corrected chi connectivity index (χ1v) is 7.25. The number of ketones is 1. The summed E-state index contributed by atoms with van der Waals surface area (Å²) in [6.07, 6.45) is 1.05. The fourth-order valence-electron chi connectivity index (χ4n) is 2.06. The second-order valence-electron chi connectivity index (χ2n) is 5.10. The summed E-state index contributed by atoms with van der Waals surface area (Å²) in [6, 6.07) is 15.4. The van der Waals surface area contributed by atoms with Crippen molar-refractivity contribution in [1.82, 2.24) is 0 Å². The molecule has 0 aliphatic rings. The largest absolute Gasteiger partial charge is 0.289 e. The lowest BCUT2D eigenvalue weighted by Gasteiger charge is -2.07. The van der Waals surface area contributed by atoms with Gasteiger partial charge in [-0.1, -0.05) is 66.2 Å². The second-order valence-corrected chi connectivity index (χ2v) is 5.96. The maximum atomic E-state index is 12.4. The Morgan fingerprint density at radius 3 is 2.26 bits per heavy atom. The van der Waals surface area contributed by atoms with Crippen LogP contribution in [0.25, 0.3) is 0 Å². The van der Waals surface area contributed by atoms with Crippen LogP contribution in [-0.4, -0.2) is 5.78 Å². The quantitative estimate of drug-likeness (QED) is 0.735. The summed E-state index contributed by atoms with van der Waals surface area (Å²) in [4.78, 5) is 12.4. The van der Waals surface area contributed by atoms with Crippen LogP contribution in [0.15, 0.2) is 53.0 Å². The van der Waals surface area contributed by atoms with Crippen molar-refractivity contribution in [3.63, 3.8) is 0 Å². The van der Waals surface area contributed by atoms with E-state index in [0.29, 0.717) is 11.5 Å². The summed E-state index contributed by atoms with van der Waals surface area (Å²) in [6.45, 7) is 4.39. The van der Waals surface area contributed by atoms with Gasteiger partial charge in [0.2, 0.25) is 0 Å². The average molecular weight is 317 g/mol. The Bertz CT molecular complexity index is 570. The second kappa shape index (κ2) is 6.16. The number of carbonyl (C=O) groups is 1. The van der Waals surface area contributed by atoms with E-state index in [9.17, 15) is 4.79 Å². The average Bonchev–Trinajstić information content (AvgIpc) is 2.39. The lowest BCUT2D eigenvalue weighted by molar-refractivity contribution is 0.103. The zero-order valence-electron chi connectivity index (χ0n) is 11.2. The molecule has 0 saturated carbocycles. The predicted octanol–water partition coefficient (Wildman–Crippen LogP) is 4.88. The molecule has 1 nitrogen and oxygen atoms in total. The Kier molecular flexibility index (Phi) is 4.54. The summed E-state index contributed by atoms with van der Waals surface area (Å²) in [7, 11) is 0. The highest BCUT2D eigenvalue weighted by atomic mass is 79.9. The van der Waals surface area contributed by atoms with Crippen molar-refractivity contribution < 1.29 is 4.79 Å². The van der Waals surface area contributed by atoms with E-state index < -0.39 is 0 Å². The van der Waals surface area contributed by atoms with Crippen molar-refractivity contribution in [3.8, 4) is 0 Å². The van der Waals surface area contributed by atoms with Crippen LogP contribution in [0.2, 0.25) is 0 Å². The first-order valence-electron chi connectivity index (χ1n) is 6.46. The Labute approximate surface area is 122 Å².